The van der Waals surface area contributed by atoms with Gasteiger partial charge in [-0.25, -0.2) is 14.6 Å². The lowest BCUT2D eigenvalue weighted by atomic mass is 9.73. The van der Waals surface area contributed by atoms with Crippen molar-refractivity contribution in [2.24, 2.45) is 5.92 Å². The van der Waals surface area contributed by atoms with E-state index in [9.17, 15) is 19.2 Å². The second kappa shape index (κ2) is 13.9. The summed E-state index contributed by atoms with van der Waals surface area (Å²) < 4.78 is 16.4. The van der Waals surface area contributed by atoms with Crippen molar-refractivity contribution in [2.45, 2.75) is 44.2 Å². The fraction of sp³-hybridized carbons (Fsp3) is 0.233. The molecule has 6 aromatic rings. The van der Waals surface area contributed by atoms with Crippen molar-refractivity contribution in [1.29, 1.82) is 0 Å². The van der Waals surface area contributed by atoms with Gasteiger partial charge in [-0.2, -0.15) is 0 Å². The van der Waals surface area contributed by atoms with Gasteiger partial charge in [0.1, 0.15) is 27.6 Å². The van der Waals surface area contributed by atoms with E-state index in [4.69, 9.17) is 18.9 Å². The number of hydrogen-bond acceptors (Lipinski definition) is 10. The normalized spacial score (nSPS) is 16.7. The van der Waals surface area contributed by atoms with E-state index < -0.39 is 40.8 Å². The van der Waals surface area contributed by atoms with Gasteiger partial charge in [0, 0.05) is 10.9 Å². The number of methoxy groups -OCH3 is 2. The molecule has 0 bridgehead atoms. The molecule has 0 spiro atoms. The number of anilines is 1. The zero-order valence-electron chi connectivity index (χ0n) is 30.0. The van der Waals surface area contributed by atoms with Crippen LogP contribution in [0.1, 0.15) is 59.1 Å². The number of aromatic nitrogens is 1. The van der Waals surface area contributed by atoms with Gasteiger partial charge in [-0.3, -0.25) is 9.59 Å². The van der Waals surface area contributed by atoms with E-state index in [1.165, 1.54) is 20.3 Å². The third-order valence-corrected chi connectivity index (χ3v) is 11.0. The van der Waals surface area contributed by atoms with Crippen molar-refractivity contribution in [2.75, 3.05) is 19.1 Å². The van der Waals surface area contributed by atoms with Crippen molar-refractivity contribution < 1.29 is 28.3 Å². The minimum absolute atomic E-state index is 0.0376. The Hall–Kier alpha value is -5.87. The quantitative estimate of drug-likeness (QED) is 0.0876. The fourth-order valence-electron chi connectivity index (χ4n) is 7.41. The highest BCUT2D eigenvalue weighted by molar-refractivity contribution is 7.18. The number of esters is 2. The number of hydrogen-bond donors (Lipinski definition) is 0. The van der Waals surface area contributed by atoms with Gasteiger partial charge >= 0.3 is 17.6 Å². The molecule has 0 aliphatic carbocycles. The fourth-order valence-corrected chi connectivity index (χ4v) is 8.56. The molecule has 0 unspecified atom stereocenters. The maximum absolute atomic E-state index is 14.7. The van der Waals surface area contributed by atoms with E-state index in [-0.39, 0.29) is 27.4 Å². The molecule has 9 nitrogen and oxygen atoms in total. The lowest BCUT2D eigenvalue weighted by Crippen LogP contribution is -2.52. The van der Waals surface area contributed by atoms with Gasteiger partial charge in [0.15, 0.2) is 5.13 Å². The highest BCUT2D eigenvalue weighted by Gasteiger charge is 2.62. The Kier molecular flexibility index (Phi) is 9.34. The van der Waals surface area contributed by atoms with Crippen molar-refractivity contribution in [3.8, 4) is 11.3 Å². The van der Waals surface area contributed by atoms with Crippen LogP contribution in [-0.4, -0.2) is 43.0 Å². The Labute approximate surface area is 310 Å². The van der Waals surface area contributed by atoms with Crippen molar-refractivity contribution in [3.63, 3.8) is 0 Å². The Balaban J connectivity index is 1.53. The molecule has 1 aliphatic rings. The standard InChI is InChI=1S/C43H38N2O7S/c1-42(2,3)28-22-20-26(21-23-28)35-37(36(46)31-24-27-14-12-13-19-34(27)52-38(31)47)53-41(44-35)45-33(40(49)51-5)25-32(39(48)50-4)43(45,29-15-8-6-9-16-29)30-17-10-7-11-18-30/h6-24,32-33H,25H2,1-5H3/t32-,33+/m0/s1. The molecule has 1 fully saturated rings. The Morgan fingerprint density at radius 3 is 1.98 bits per heavy atom. The first-order valence-electron chi connectivity index (χ1n) is 17.2. The highest BCUT2D eigenvalue weighted by Crippen LogP contribution is 2.55. The van der Waals surface area contributed by atoms with Gasteiger partial charge in [0.25, 0.3) is 0 Å². The summed E-state index contributed by atoms with van der Waals surface area (Å²) in [6.45, 7) is 6.34. The van der Waals surface area contributed by atoms with Crippen molar-refractivity contribution in [1.82, 2.24) is 4.98 Å². The minimum Gasteiger partial charge on any atom is -0.469 e. The molecule has 0 saturated carbocycles. The number of rotatable bonds is 8. The molecule has 7 rings (SSSR count). The molecular formula is C43H38N2O7S. The van der Waals surface area contributed by atoms with E-state index in [2.05, 4.69) is 20.8 Å². The van der Waals surface area contributed by atoms with Gasteiger partial charge in [0.2, 0.25) is 5.78 Å². The molecule has 0 radical (unpaired) electrons. The summed E-state index contributed by atoms with van der Waals surface area (Å²) in [6, 6.07) is 34.2. The first-order chi connectivity index (χ1) is 25.5. The number of carbonyl (C=O) groups is 3. The van der Waals surface area contributed by atoms with Gasteiger partial charge in [0.05, 0.1) is 25.8 Å². The molecule has 0 N–H and O–H groups in total. The lowest BCUT2D eigenvalue weighted by molar-refractivity contribution is -0.147. The second-order valence-corrected chi connectivity index (χ2v) is 15.0. The third-order valence-electron chi connectivity index (χ3n) is 9.98. The predicted octanol–water partition coefficient (Wildman–Crippen LogP) is 7.93. The molecule has 10 heteroatoms. The number of benzene rings is 4. The zero-order chi connectivity index (χ0) is 37.5. The van der Waals surface area contributed by atoms with E-state index in [0.29, 0.717) is 33.4 Å². The van der Waals surface area contributed by atoms with Crippen molar-refractivity contribution in [3.05, 3.63) is 153 Å². The molecule has 53 heavy (non-hydrogen) atoms. The van der Waals surface area contributed by atoms with Crippen LogP contribution in [0, 0.1) is 5.92 Å². The molecule has 268 valence electrons. The maximum atomic E-state index is 14.7. The summed E-state index contributed by atoms with van der Waals surface area (Å²) >= 11 is 1.05. The molecule has 1 saturated heterocycles. The van der Waals surface area contributed by atoms with Gasteiger partial charge in [-0.1, -0.05) is 135 Å². The molecular weight excluding hydrogens is 689 g/mol. The van der Waals surface area contributed by atoms with Crippen LogP contribution in [0.2, 0.25) is 0 Å². The topological polar surface area (TPSA) is 116 Å². The summed E-state index contributed by atoms with van der Waals surface area (Å²) in [7, 11) is 2.63. The van der Waals surface area contributed by atoms with Gasteiger partial charge in [-0.15, -0.1) is 0 Å². The van der Waals surface area contributed by atoms with Crippen LogP contribution in [0.4, 0.5) is 5.13 Å². The smallest absolute Gasteiger partial charge is 0.347 e. The molecule has 3 heterocycles. The number of thiazole rings is 1. The molecule has 1 aliphatic heterocycles. The minimum atomic E-state index is -1.33. The van der Waals surface area contributed by atoms with Crippen LogP contribution in [0.25, 0.3) is 22.2 Å². The van der Waals surface area contributed by atoms with E-state index in [1.807, 2.05) is 89.8 Å². The first kappa shape index (κ1) is 35.5. The third kappa shape index (κ3) is 6.12. The Morgan fingerprint density at radius 1 is 0.811 bits per heavy atom. The van der Waals surface area contributed by atoms with Crippen LogP contribution in [0.3, 0.4) is 0 Å². The summed E-state index contributed by atoms with van der Waals surface area (Å²) in [5.74, 6) is -2.58. The first-order valence-corrected chi connectivity index (χ1v) is 18.1. The SMILES string of the molecule is COC(=O)[C@H]1C[C@@H](C(=O)OC)C(c2ccccc2)(c2ccccc2)N1c1nc(-c2ccc(C(C)(C)C)cc2)c(C(=O)c2cc3ccccc3oc2=O)s1. The van der Waals surface area contributed by atoms with Gasteiger partial charge < -0.3 is 18.8 Å². The summed E-state index contributed by atoms with van der Waals surface area (Å²) in [5.41, 5.74) is 1.43. The second-order valence-electron chi connectivity index (χ2n) is 14.0. The monoisotopic (exact) mass is 726 g/mol. The summed E-state index contributed by atoms with van der Waals surface area (Å²) in [6.07, 6.45) is 0.0376. The average Bonchev–Trinajstić information content (AvgIpc) is 3.78. The van der Waals surface area contributed by atoms with Crippen LogP contribution >= 0.6 is 11.3 Å². The number of ketones is 1. The Bertz CT molecular complexity index is 2340. The van der Waals surface area contributed by atoms with Crippen LogP contribution in [-0.2, 0) is 30.0 Å². The van der Waals surface area contributed by atoms with E-state index in [0.717, 1.165) is 16.9 Å². The van der Waals surface area contributed by atoms with Gasteiger partial charge in [-0.05, 0) is 40.7 Å². The number of carbonyl (C=O) groups excluding carboxylic acids is 3. The summed E-state index contributed by atoms with van der Waals surface area (Å²) in [4.78, 5) is 63.0. The number of ether oxygens (including phenoxy) is 2. The van der Waals surface area contributed by atoms with E-state index >= 15 is 0 Å². The summed E-state index contributed by atoms with van der Waals surface area (Å²) in [5, 5.41) is 0.873. The average molecular weight is 727 g/mol. The number of nitrogens with zero attached hydrogens (tertiary/aromatic N) is 2. The zero-order valence-corrected chi connectivity index (χ0v) is 30.8. The molecule has 2 atom stereocenters. The van der Waals surface area contributed by atoms with Crippen molar-refractivity contribution >= 4 is 45.2 Å². The molecule has 2 aromatic heterocycles. The number of para-hydroxylation sites is 1. The highest BCUT2D eigenvalue weighted by atomic mass is 32.1. The Morgan fingerprint density at radius 2 is 1.40 bits per heavy atom. The van der Waals surface area contributed by atoms with Crippen LogP contribution < -0.4 is 10.5 Å². The van der Waals surface area contributed by atoms with Crippen LogP contribution in [0.5, 0.6) is 0 Å². The van der Waals surface area contributed by atoms with Crippen LogP contribution in [0.15, 0.2) is 124 Å². The lowest BCUT2D eigenvalue weighted by Gasteiger charge is -2.43. The molecule has 0 amide bonds. The maximum Gasteiger partial charge on any atom is 0.347 e. The largest absolute Gasteiger partial charge is 0.469 e. The molecule has 4 aromatic carbocycles. The number of fused-ring (bicyclic) bond motifs is 1. The predicted molar refractivity (Wildman–Crippen MR) is 204 cm³/mol. The van der Waals surface area contributed by atoms with E-state index in [1.54, 1.807) is 24.3 Å².